The zero-order valence-corrected chi connectivity index (χ0v) is 9.71. The van der Waals surface area contributed by atoms with Crippen molar-refractivity contribution < 1.29 is 23.8 Å². The van der Waals surface area contributed by atoms with Crippen molar-refractivity contribution in [3.05, 3.63) is 21.9 Å². The van der Waals surface area contributed by atoms with Crippen LogP contribution in [0.25, 0.3) is 0 Å². The third-order valence-corrected chi connectivity index (χ3v) is 2.72. The topological polar surface area (TPSA) is 55.8 Å². The minimum absolute atomic E-state index is 0.0364. The maximum absolute atomic E-state index is 13.6. The Morgan fingerprint density at radius 2 is 2.12 bits per heavy atom. The van der Waals surface area contributed by atoms with Crippen molar-refractivity contribution in [2.75, 3.05) is 13.2 Å². The van der Waals surface area contributed by atoms with E-state index in [0.29, 0.717) is 19.6 Å². The van der Waals surface area contributed by atoms with Gasteiger partial charge in [0.25, 0.3) is 0 Å². The lowest BCUT2D eigenvalue weighted by molar-refractivity contribution is 0.0686. The SMILES string of the molecule is O=C(O)c1c(F)c(Br)cc2c1OCCCO2. The molecular weight excluding hydrogens is 283 g/mol. The predicted octanol–water partition coefficient (Wildman–Crippen LogP) is 2.45. The van der Waals surface area contributed by atoms with Gasteiger partial charge in [-0.1, -0.05) is 0 Å². The van der Waals surface area contributed by atoms with Gasteiger partial charge in [0.1, 0.15) is 5.56 Å². The summed E-state index contributed by atoms with van der Waals surface area (Å²) in [4.78, 5) is 11.0. The average molecular weight is 291 g/mol. The Morgan fingerprint density at radius 1 is 1.44 bits per heavy atom. The highest BCUT2D eigenvalue weighted by molar-refractivity contribution is 9.10. The van der Waals surface area contributed by atoms with Crippen LogP contribution in [0.15, 0.2) is 10.5 Å². The molecule has 1 aliphatic heterocycles. The number of rotatable bonds is 1. The number of carbonyl (C=O) groups is 1. The molecular formula is C10H8BrFO4. The molecule has 6 heteroatoms. The summed E-state index contributed by atoms with van der Waals surface area (Å²) in [5.74, 6) is -2.01. The van der Waals surface area contributed by atoms with Gasteiger partial charge in [-0.3, -0.25) is 0 Å². The average Bonchev–Trinajstić information content (AvgIpc) is 2.44. The van der Waals surface area contributed by atoms with Gasteiger partial charge in [-0.05, 0) is 15.9 Å². The standard InChI is InChI=1S/C10H8BrFO4/c11-5-4-6-9(16-3-1-2-15-6)7(8(5)12)10(13)14/h4H,1-3H2,(H,13,14). The minimum Gasteiger partial charge on any atom is -0.489 e. The number of ether oxygens (including phenoxy) is 2. The largest absolute Gasteiger partial charge is 0.489 e. The maximum atomic E-state index is 13.6. The molecule has 86 valence electrons. The molecule has 1 aliphatic rings. The van der Waals surface area contributed by atoms with E-state index in [1.807, 2.05) is 0 Å². The predicted molar refractivity (Wildman–Crippen MR) is 56.7 cm³/mol. The number of aromatic carboxylic acids is 1. The smallest absolute Gasteiger partial charge is 0.342 e. The van der Waals surface area contributed by atoms with E-state index in [1.54, 1.807) is 0 Å². The van der Waals surface area contributed by atoms with Gasteiger partial charge >= 0.3 is 5.97 Å². The Bertz CT molecular complexity index is 447. The number of halogens is 2. The van der Waals surface area contributed by atoms with Crippen molar-refractivity contribution in [2.24, 2.45) is 0 Å². The molecule has 0 amide bonds. The molecule has 1 heterocycles. The van der Waals surface area contributed by atoms with Gasteiger partial charge in [-0.2, -0.15) is 0 Å². The second kappa shape index (κ2) is 4.29. The van der Waals surface area contributed by atoms with Crippen LogP contribution >= 0.6 is 15.9 Å². The monoisotopic (exact) mass is 290 g/mol. The van der Waals surface area contributed by atoms with E-state index in [9.17, 15) is 9.18 Å². The van der Waals surface area contributed by atoms with Crippen LogP contribution in [0.2, 0.25) is 0 Å². The van der Waals surface area contributed by atoms with Crippen molar-refractivity contribution in [3.63, 3.8) is 0 Å². The van der Waals surface area contributed by atoms with Crippen molar-refractivity contribution in [1.29, 1.82) is 0 Å². The number of hydrogen-bond acceptors (Lipinski definition) is 3. The summed E-state index contributed by atoms with van der Waals surface area (Å²) < 4.78 is 24.2. The Morgan fingerprint density at radius 3 is 2.81 bits per heavy atom. The van der Waals surface area contributed by atoms with Crippen molar-refractivity contribution in [1.82, 2.24) is 0 Å². The highest BCUT2D eigenvalue weighted by Crippen LogP contribution is 2.38. The summed E-state index contributed by atoms with van der Waals surface area (Å²) in [6.45, 7) is 0.735. The summed E-state index contributed by atoms with van der Waals surface area (Å²) in [6.07, 6.45) is 0.632. The van der Waals surface area contributed by atoms with E-state index >= 15 is 0 Å². The summed E-state index contributed by atoms with van der Waals surface area (Å²) in [6, 6.07) is 1.38. The summed E-state index contributed by atoms with van der Waals surface area (Å²) in [5, 5.41) is 8.94. The Hall–Kier alpha value is -1.30. The molecule has 0 fully saturated rings. The zero-order valence-electron chi connectivity index (χ0n) is 8.13. The van der Waals surface area contributed by atoms with Crippen molar-refractivity contribution in [2.45, 2.75) is 6.42 Å². The third kappa shape index (κ3) is 1.84. The second-order valence-electron chi connectivity index (χ2n) is 3.23. The first-order chi connectivity index (χ1) is 7.61. The Balaban J connectivity index is 2.65. The van der Waals surface area contributed by atoms with Crippen LogP contribution in [0.5, 0.6) is 11.5 Å². The van der Waals surface area contributed by atoms with Gasteiger partial charge in [0, 0.05) is 12.5 Å². The second-order valence-corrected chi connectivity index (χ2v) is 4.08. The summed E-state index contributed by atoms with van der Waals surface area (Å²) in [5.41, 5.74) is -0.494. The molecule has 1 aromatic rings. The van der Waals surface area contributed by atoms with Gasteiger partial charge in [-0.25, -0.2) is 9.18 Å². The summed E-state index contributed by atoms with van der Waals surface area (Å²) in [7, 11) is 0. The van der Waals surface area contributed by atoms with Crippen LogP contribution in [0.1, 0.15) is 16.8 Å². The molecule has 4 nitrogen and oxygen atoms in total. The number of carboxylic acids is 1. The highest BCUT2D eigenvalue weighted by Gasteiger charge is 2.26. The first-order valence-corrected chi connectivity index (χ1v) is 5.41. The lowest BCUT2D eigenvalue weighted by Gasteiger charge is -2.11. The number of benzene rings is 1. The van der Waals surface area contributed by atoms with Gasteiger partial charge in [0.05, 0.1) is 17.7 Å². The highest BCUT2D eigenvalue weighted by atomic mass is 79.9. The Kier molecular flexibility index (Phi) is 3.00. The molecule has 0 unspecified atom stereocenters. The quantitative estimate of drug-likeness (QED) is 0.863. The lowest BCUT2D eigenvalue weighted by atomic mass is 10.1. The molecule has 0 bridgehead atoms. The fourth-order valence-corrected chi connectivity index (χ4v) is 1.85. The number of fused-ring (bicyclic) bond motifs is 1. The summed E-state index contributed by atoms with van der Waals surface area (Å²) >= 11 is 2.95. The number of hydrogen-bond donors (Lipinski definition) is 1. The molecule has 0 saturated carbocycles. The molecule has 0 saturated heterocycles. The van der Waals surface area contributed by atoms with E-state index in [-0.39, 0.29) is 16.0 Å². The van der Waals surface area contributed by atoms with Gasteiger partial charge < -0.3 is 14.6 Å². The zero-order chi connectivity index (χ0) is 11.7. The van der Waals surface area contributed by atoms with Crippen LogP contribution in [0, 0.1) is 5.82 Å². The van der Waals surface area contributed by atoms with E-state index in [4.69, 9.17) is 14.6 Å². The van der Waals surface area contributed by atoms with Crippen LogP contribution in [-0.4, -0.2) is 24.3 Å². The third-order valence-electron chi connectivity index (χ3n) is 2.14. The van der Waals surface area contributed by atoms with Crippen LogP contribution in [-0.2, 0) is 0 Å². The molecule has 0 aliphatic carbocycles. The molecule has 2 rings (SSSR count). The first kappa shape index (κ1) is 11.2. The molecule has 0 atom stereocenters. The Labute approximate surface area is 99.1 Å². The van der Waals surface area contributed by atoms with Crippen LogP contribution in [0.4, 0.5) is 4.39 Å². The maximum Gasteiger partial charge on any atom is 0.342 e. The molecule has 1 aromatic carbocycles. The lowest BCUT2D eigenvalue weighted by Crippen LogP contribution is -2.07. The molecule has 16 heavy (non-hydrogen) atoms. The van der Waals surface area contributed by atoms with Crippen LogP contribution < -0.4 is 9.47 Å². The first-order valence-electron chi connectivity index (χ1n) is 4.62. The van der Waals surface area contributed by atoms with Gasteiger partial charge in [0.2, 0.25) is 0 Å². The van der Waals surface area contributed by atoms with Crippen molar-refractivity contribution >= 4 is 21.9 Å². The molecule has 1 N–H and O–H groups in total. The molecule has 0 spiro atoms. The number of carboxylic acid groups (broad SMARTS) is 1. The van der Waals surface area contributed by atoms with Crippen LogP contribution in [0.3, 0.4) is 0 Å². The van der Waals surface area contributed by atoms with E-state index < -0.39 is 17.3 Å². The van der Waals surface area contributed by atoms with Gasteiger partial charge in [0.15, 0.2) is 17.3 Å². The van der Waals surface area contributed by atoms with E-state index in [2.05, 4.69) is 15.9 Å². The molecule has 0 aromatic heterocycles. The van der Waals surface area contributed by atoms with Crippen molar-refractivity contribution in [3.8, 4) is 11.5 Å². The van der Waals surface area contributed by atoms with E-state index in [1.165, 1.54) is 6.07 Å². The van der Waals surface area contributed by atoms with Gasteiger partial charge in [-0.15, -0.1) is 0 Å². The van der Waals surface area contributed by atoms with E-state index in [0.717, 1.165) is 0 Å². The fourth-order valence-electron chi connectivity index (χ4n) is 1.44. The normalized spacial score (nSPS) is 14.4. The minimum atomic E-state index is -1.37. The molecule has 0 radical (unpaired) electrons. The fraction of sp³-hybridized carbons (Fsp3) is 0.300.